The predicted octanol–water partition coefficient (Wildman–Crippen LogP) is -0.121. The van der Waals surface area contributed by atoms with Gasteiger partial charge in [0.25, 0.3) is 0 Å². The van der Waals surface area contributed by atoms with Gasteiger partial charge in [0.1, 0.15) is 6.54 Å². The third-order valence-electron chi connectivity index (χ3n) is 2.78. The summed E-state index contributed by atoms with van der Waals surface area (Å²) in [4.78, 5) is 11.6. The van der Waals surface area contributed by atoms with Crippen LogP contribution in [0.25, 0.3) is 0 Å². The molecule has 15 heavy (non-hydrogen) atoms. The molecule has 1 aliphatic carbocycles. The molecule has 82 valence electrons. The number of nitrogens with zero attached hydrogens (tertiary/aromatic N) is 2. The number of hydrogen-bond acceptors (Lipinski definition) is 3. The third kappa shape index (κ3) is 2.56. The molecule has 2 atom stereocenters. The molecule has 2 rings (SSSR count). The van der Waals surface area contributed by atoms with Crippen LogP contribution in [0.15, 0.2) is 18.5 Å². The van der Waals surface area contributed by atoms with Crippen molar-refractivity contribution in [3.05, 3.63) is 18.5 Å². The van der Waals surface area contributed by atoms with Crippen LogP contribution in [0.5, 0.6) is 0 Å². The van der Waals surface area contributed by atoms with Crippen molar-refractivity contribution in [1.29, 1.82) is 0 Å². The second kappa shape index (κ2) is 4.44. The molecule has 1 fully saturated rings. The summed E-state index contributed by atoms with van der Waals surface area (Å²) in [6.45, 7) is 0.274. The number of hydrogen-bond donors (Lipinski definition) is 2. The minimum atomic E-state index is -0.0129. The Morgan fingerprint density at radius 3 is 3.07 bits per heavy atom. The Kier molecular flexibility index (Phi) is 3.01. The molecule has 1 saturated carbocycles. The smallest absolute Gasteiger partial charge is 0.242 e. The van der Waals surface area contributed by atoms with Crippen LogP contribution in [0.1, 0.15) is 19.3 Å². The highest BCUT2D eigenvalue weighted by molar-refractivity contribution is 5.76. The molecule has 0 radical (unpaired) electrons. The quantitative estimate of drug-likeness (QED) is 0.727. The summed E-state index contributed by atoms with van der Waals surface area (Å²) in [7, 11) is 0. The van der Waals surface area contributed by atoms with Gasteiger partial charge in [-0.1, -0.05) is 0 Å². The molecule has 3 N–H and O–H groups in total. The number of aromatic nitrogens is 2. The van der Waals surface area contributed by atoms with E-state index in [-0.39, 0.29) is 24.5 Å². The SMILES string of the molecule is NC1CCCC1NC(=O)Cn1cccn1. The van der Waals surface area contributed by atoms with E-state index in [0.29, 0.717) is 0 Å². The van der Waals surface area contributed by atoms with Gasteiger partial charge in [-0.3, -0.25) is 9.48 Å². The van der Waals surface area contributed by atoms with Gasteiger partial charge in [-0.15, -0.1) is 0 Å². The topological polar surface area (TPSA) is 72.9 Å². The van der Waals surface area contributed by atoms with E-state index >= 15 is 0 Å². The van der Waals surface area contributed by atoms with Crippen molar-refractivity contribution in [2.24, 2.45) is 5.73 Å². The highest BCUT2D eigenvalue weighted by Gasteiger charge is 2.25. The summed E-state index contributed by atoms with van der Waals surface area (Å²) in [5.41, 5.74) is 5.86. The summed E-state index contributed by atoms with van der Waals surface area (Å²) in [6.07, 6.45) is 6.54. The molecule has 0 spiro atoms. The molecule has 1 amide bonds. The van der Waals surface area contributed by atoms with Crippen LogP contribution in [-0.4, -0.2) is 27.8 Å². The Morgan fingerprint density at radius 2 is 2.47 bits per heavy atom. The van der Waals surface area contributed by atoms with E-state index < -0.39 is 0 Å². The van der Waals surface area contributed by atoms with Gasteiger partial charge in [-0.05, 0) is 25.3 Å². The van der Waals surface area contributed by atoms with Crippen LogP contribution in [0.3, 0.4) is 0 Å². The summed E-state index contributed by atoms with van der Waals surface area (Å²) in [5, 5.41) is 6.92. The molecular formula is C10H16N4O. The number of nitrogens with two attached hydrogens (primary N) is 1. The normalized spacial score (nSPS) is 25.4. The van der Waals surface area contributed by atoms with Gasteiger partial charge < -0.3 is 11.1 Å². The van der Waals surface area contributed by atoms with E-state index in [1.54, 1.807) is 23.1 Å². The first kappa shape index (κ1) is 10.2. The van der Waals surface area contributed by atoms with Gasteiger partial charge in [-0.25, -0.2) is 0 Å². The fraction of sp³-hybridized carbons (Fsp3) is 0.600. The number of rotatable bonds is 3. The first-order valence-electron chi connectivity index (χ1n) is 5.28. The fourth-order valence-electron chi connectivity index (χ4n) is 1.96. The van der Waals surface area contributed by atoms with Gasteiger partial charge in [0.15, 0.2) is 0 Å². The average Bonchev–Trinajstić information content (AvgIpc) is 2.79. The Labute approximate surface area is 88.6 Å². The lowest BCUT2D eigenvalue weighted by Crippen LogP contribution is -2.45. The molecule has 0 aliphatic heterocycles. The van der Waals surface area contributed by atoms with E-state index in [4.69, 9.17) is 5.73 Å². The molecule has 1 aromatic heterocycles. The number of amides is 1. The van der Waals surface area contributed by atoms with E-state index in [0.717, 1.165) is 19.3 Å². The van der Waals surface area contributed by atoms with Crippen LogP contribution in [0.4, 0.5) is 0 Å². The Hall–Kier alpha value is -1.36. The van der Waals surface area contributed by atoms with Gasteiger partial charge in [0.05, 0.1) is 0 Å². The lowest BCUT2D eigenvalue weighted by atomic mass is 10.2. The zero-order valence-electron chi connectivity index (χ0n) is 8.60. The van der Waals surface area contributed by atoms with Crippen molar-refractivity contribution in [2.75, 3.05) is 0 Å². The van der Waals surface area contributed by atoms with Gasteiger partial charge in [0, 0.05) is 24.5 Å². The fourth-order valence-corrected chi connectivity index (χ4v) is 1.96. The molecule has 1 aliphatic rings. The van der Waals surface area contributed by atoms with Crippen LogP contribution >= 0.6 is 0 Å². The molecule has 0 saturated heterocycles. The maximum Gasteiger partial charge on any atom is 0.242 e. The zero-order valence-corrected chi connectivity index (χ0v) is 8.60. The van der Waals surface area contributed by atoms with Crippen molar-refractivity contribution >= 4 is 5.91 Å². The van der Waals surface area contributed by atoms with Crippen LogP contribution in [0, 0.1) is 0 Å². The molecule has 5 nitrogen and oxygen atoms in total. The van der Waals surface area contributed by atoms with Crippen molar-refractivity contribution in [2.45, 2.75) is 37.9 Å². The van der Waals surface area contributed by atoms with E-state index in [9.17, 15) is 4.79 Å². The molecule has 2 unspecified atom stereocenters. The highest BCUT2D eigenvalue weighted by atomic mass is 16.2. The lowest BCUT2D eigenvalue weighted by Gasteiger charge is -2.17. The Bertz CT molecular complexity index is 322. The number of nitrogens with one attached hydrogen (secondary N) is 1. The number of carbonyl (C=O) groups is 1. The summed E-state index contributed by atoms with van der Waals surface area (Å²) in [5.74, 6) is -0.0129. The second-order valence-corrected chi connectivity index (χ2v) is 3.97. The van der Waals surface area contributed by atoms with E-state index in [2.05, 4.69) is 10.4 Å². The van der Waals surface area contributed by atoms with Gasteiger partial charge in [0.2, 0.25) is 5.91 Å². The summed E-state index contributed by atoms with van der Waals surface area (Å²) >= 11 is 0. The predicted molar refractivity (Wildman–Crippen MR) is 56.0 cm³/mol. The number of carbonyl (C=O) groups excluding carboxylic acids is 1. The zero-order chi connectivity index (χ0) is 10.7. The van der Waals surface area contributed by atoms with Crippen LogP contribution < -0.4 is 11.1 Å². The second-order valence-electron chi connectivity index (χ2n) is 3.97. The lowest BCUT2D eigenvalue weighted by molar-refractivity contribution is -0.122. The maximum atomic E-state index is 11.6. The highest BCUT2D eigenvalue weighted by Crippen LogP contribution is 2.16. The Morgan fingerprint density at radius 1 is 1.60 bits per heavy atom. The molecular weight excluding hydrogens is 192 g/mol. The Balaban J connectivity index is 1.82. The van der Waals surface area contributed by atoms with Crippen molar-refractivity contribution in [3.63, 3.8) is 0 Å². The summed E-state index contributed by atoms with van der Waals surface area (Å²) in [6, 6.07) is 2.06. The third-order valence-corrected chi connectivity index (χ3v) is 2.78. The minimum absolute atomic E-state index is 0.0129. The van der Waals surface area contributed by atoms with Crippen LogP contribution in [-0.2, 0) is 11.3 Å². The van der Waals surface area contributed by atoms with Crippen molar-refractivity contribution < 1.29 is 4.79 Å². The summed E-state index contributed by atoms with van der Waals surface area (Å²) < 4.78 is 1.61. The first-order valence-corrected chi connectivity index (χ1v) is 5.28. The van der Waals surface area contributed by atoms with E-state index in [1.807, 2.05) is 0 Å². The largest absolute Gasteiger partial charge is 0.350 e. The van der Waals surface area contributed by atoms with Gasteiger partial charge >= 0.3 is 0 Å². The standard InChI is InChI=1S/C10H16N4O/c11-8-3-1-4-9(8)13-10(15)7-14-6-2-5-12-14/h2,5-6,8-9H,1,3-4,7,11H2,(H,13,15). The molecule has 5 heteroatoms. The molecule has 0 aromatic carbocycles. The minimum Gasteiger partial charge on any atom is -0.350 e. The maximum absolute atomic E-state index is 11.6. The van der Waals surface area contributed by atoms with Crippen molar-refractivity contribution in [3.8, 4) is 0 Å². The first-order chi connectivity index (χ1) is 7.25. The van der Waals surface area contributed by atoms with Crippen LogP contribution in [0.2, 0.25) is 0 Å². The monoisotopic (exact) mass is 208 g/mol. The van der Waals surface area contributed by atoms with Crippen molar-refractivity contribution in [1.82, 2.24) is 15.1 Å². The molecule has 1 aromatic rings. The molecule has 0 bridgehead atoms. The van der Waals surface area contributed by atoms with E-state index in [1.165, 1.54) is 0 Å². The molecule has 1 heterocycles. The van der Waals surface area contributed by atoms with Gasteiger partial charge in [-0.2, -0.15) is 5.10 Å². The average molecular weight is 208 g/mol.